The molecular weight excluding hydrogens is 284 g/mol. The van der Waals surface area contributed by atoms with E-state index in [1.807, 2.05) is 11.8 Å². The van der Waals surface area contributed by atoms with E-state index in [1.165, 1.54) is 37.6 Å². The summed E-state index contributed by atoms with van der Waals surface area (Å²) in [6.07, 6.45) is 6.93. The van der Waals surface area contributed by atoms with E-state index < -0.39 is 0 Å². The molecular formula is C21H18S. The Morgan fingerprint density at radius 1 is 0.864 bits per heavy atom. The smallest absolute Gasteiger partial charge is 0.0297 e. The zero-order valence-electron chi connectivity index (χ0n) is 12.8. The summed E-state index contributed by atoms with van der Waals surface area (Å²) in [5.41, 5.74) is 6.84. The molecule has 0 N–H and O–H groups in total. The summed E-state index contributed by atoms with van der Waals surface area (Å²) in [5.74, 6) is 0.388. The summed E-state index contributed by atoms with van der Waals surface area (Å²) in [4.78, 5) is 2.77. The van der Waals surface area contributed by atoms with Crippen LogP contribution >= 0.6 is 11.8 Å². The van der Waals surface area contributed by atoms with Gasteiger partial charge >= 0.3 is 0 Å². The monoisotopic (exact) mass is 302 g/mol. The van der Waals surface area contributed by atoms with E-state index in [2.05, 4.69) is 80.6 Å². The van der Waals surface area contributed by atoms with Crippen LogP contribution in [-0.2, 0) is 0 Å². The van der Waals surface area contributed by atoms with Gasteiger partial charge in [-0.2, -0.15) is 0 Å². The molecule has 1 aliphatic heterocycles. The number of rotatable bonds is 1. The molecule has 1 heteroatoms. The summed E-state index contributed by atoms with van der Waals surface area (Å²) in [5, 5.41) is 0. The highest BCUT2D eigenvalue weighted by molar-refractivity contribution is 8.08. The van der Waals surface area contributed by atoms with Gasteiger partial charge in [0.15, 0.2) is 0 Å². The van der Waals surface area contributed by atoms with Gasteiger partial charge in [-0.25, -0.2) is 0 Å². The zero-order chi connectivity index (χ0) is 15.1. The highest BCUT2D eigenvalue weighted by Crippen LogP contribution is 2.51. The van der Waals surface area contributed by atoms with Gasteiger partial charge in [0.25, 0.3) is 0 Å². The molecule has 0 fully saturated rings. The summed E-state index contributed by atoms with van der Waals surface area (Å²) >= 11 is 1.90. The molecule has 2 aromatic rings. The first-order chi connectivity index (χ1) is 10.7. The van der Waals surface area contributed by atoms with Gasteiger partial charge in [-0.1, -0.05) is 83.6 Å². The van der Waals surface area contributed by atoms with Crippen molar-refractivity contribution in [3.05, 3.63) is 94.6 Å². The Balaban J connectivity index is 1.91. The highest BCUT2D eigenvalue weighted by atomic mass is 32.2. The molecule has 0 spiro atoms. The minimum atomic E-state index is 0.388. The third-order valence-electron chi connectivity index (χ3n) is 4.33. The Kier molecular flexibility index (Phi) is 3.31. The van der Waals surface area contributed by atoms with E-state index in [0.29, 0.717) is 5.92 Å². The first kappa shape index (κ1) is 13.7. The molecule has 0 saturated heterocycles. The summed E-state index contributed by atoms with van der Waals surface area (Å²) in [7, 11) is 0. The quantitative estimate of drug-likeness (QED) is 0.612. The van der Waals surface area contributed by atoms with E-state index in [1.54, 1.807) is 0 Å². The van der Waals surface area contributed by atoms with E-state index >= 15 is 0 Å². The molecule has 0 radical (unpaired) electrons. The van der Waals surface area contributed by atoms with Crippen molar-refractivity contribution in [2.24, 2.45) is 0 Å². The predicted octanol–water partition coefficient (Wildman–Crippen LogP) is 6.11. The molecule has 2 aromatic carbocycles. The number of hydrogen-bond donors (Lipinski definition) is 0. The van der Waals surface area contributed by atoms with Gasteiger partial charge in [0.1, 0.15) is 0 Å². The van der Waals surface area contributed by atoms with E-state index in [9.17, 15) is 0 Å². The number of hydrogen-bond acceptors (Lipinski definition) is 1. The van der Waals surface area contributed by atoms with Gasteiger partial charge in [-0.15, -0.1) is 0 Å². The number of aryl methyl sites for hydroxylation is 1. The van der Waals surface area contributed by atoms with Gasteiger partial charge in [-0.3, -0.25) is 0 Å². The predicted molar refractivity (Wildman–Crippen MR) is 96.0 cm³/mol. The van der Waals surface area contributed by atoms with E-state index in [4.69, 9.17) is 0 Å². The van der Waals surface area contributed by atoms with Crippen LogP contribution in [-0.4, -0.2) is 0 Å². The Bertz CT molecular complexity index is 819. The molecule has 22 heavy (non-hydrogen) atoms. The summed E-state index contributed by atoms with van der Waals surface area (Å²) < 4.78 is 0. The van der Waals surface area contributed by atoms with Crippen LogP contribution in [0.25, 0.3) is 4.91 Å². The Morgan fingerprint density at radius 3 is 2.45 bits per heavy atom. The fourth-order valence-electron chi connectivity index (χ4n) is 3.14. The molecule has 0 saturated carbocycles. The van der Waals surface area contributed by atoms with Crippen molar-refractivity contribution in [2.45, 2.75) is 24.7 Å². The number of allylic oxidation sites excluding steroid dienone is 5. The Labute approximate surface area is 136 Å². The fourth-order valence-corrected chi connectivity index (χ4v) is 4.38. The van der Waals surface area contributed by atoms with E-state index in [0.717, 1.165) is 0 Å². The molecule has 0 amide bonds. The minimum absolute atomic E-state index is 0.388. The van der Waals surface area contributed by atoms with Gasteiger partial charge in [0.05, 0.1) is 0 Å². The van der Waals surface area contributed by atoms with Gasteiger partial charge < -0.3 is 0 Å². The molecule has 1 atom stereocenters. The lowest BCUT2D eigenvalue weighted by Gasteiger charge is -2.29. The van der Waals surface area contributed by atoms with Crippen molar-refractivity contribution in [1.29, 1.82) is 0 Å². The first-order valence-electron chi connectivity index (χ1n) is 7.67. The van der Waals surface area contributed by atoms with Crippen molar-refractivity contribution in [1.82, 2.24) is 0 Å². The topological polar surface area (TPSA) is 0 Å². The third-order valence-corrected chi connectivity index (χ3v) is 5.60. The van der Waals surface area contributed by atoms with Crippen LogP contribution in [0.3, 0.4) is 0 Å². The van der Waals surface area contributed by atoms with Crippen LogP contribution in [0.5, 0.6) is 0 Å². The second-order valence-electron chi connectivity index (χ2n) is 6.01. The molecule has 0 bridgehead atoms. The fraction of sp³-hybridized carbons (Fsp3) is 0.143. The zero-order valence-corrected chi connectivity index (χ0v) is 13.7. The lowest BCUT2D eigenvalue weighted by molar-refractivity contribution is 0.964. The average molecular weight is 302 g/mol. The standard InChI is InChI=1S/C21H18S/c1-14-7-10-16(11-8-14)21-18-12-9-15(2)13-19(18)17-5-3-4-6-20(17)22-21/h3-13,19H,1-2H3. The number of benzene rings is 2. The van der Waals surface area contributed by atoms with Gasteiger partial charge in [-0.05, 0) is 36.6 Å². The van der Waals surface area contributed by atoms with Crippen molar-refractivity contribution >= 4 is 16.7 Å². The molecule has 0 aromatic heterocycles. The van der Waals surface area contributed by atoms with Crippen molar-refractivity contribution < 1.29 is 0 Å². The maximum Gasteiger partial charge on any atom is 0.0297 e. The minimum Gasteiger partial charge on any atom is -0.0888 e. The molecule has 1 unspecified atom stereocenters. The molecule has 1 heterocycles. The van der Waals surface area contributed by atoms with Crippen molar-refractivity contribution in [3.8, 4) is 0 Å². The largest absolute Gasteiger partial charge is 0.0888 e. The summed E-state index contributed by atoms with van der Waals surface area (Å²) in [6, 6.07) is 17.7. The summed E-state index contributed by atoms with van der Waals surface area (Å²) in [6.45, 7) is 4.32. The van der Waals surface area contributed by atoms with Gasteiger partial charge in [0, 0.05) is 15.7 Å². The molecule has 2 aliphatic rings. The third kappa shape index (κ3) is 2.26. The number of fused-ring (bicyclic) bond motifs is 3. The van der Waals surface area contributed by atoms with Crippen LogP contribution in [0.4, 0.5) is 0 Å². The number of thioether (sulfide) groups is 1. The molecule has 108 valence electrons. The van der Waals surface area contributed by atoms with Crippen LogP contribution in [0.2, 0.25) is 0 Å². The van der Waals surface area contributed by atoms with Crippen molar-refractivity contribution in [2.75, 3.05) is 0 Å². The van der Waals surface area contributed by atoms with Crippen LogP contribution in [0.15, 0.2) is 82.8 Å². The highest BCUT2D eigenvalue weighted by Gasteiger charge is 2.27. The molecule has 0 nitrogen and oxygen atoms in total. The first-order valence-corrected chi connectivity index (χ1v) is 8.48. The van der Waals surface area contributed by atoms with Crippen molar-refractivity contribution in [3.63, 3.8) is 0 Å². The van der Waals surface area contributed by atoms with Gasteiger partial charge in [0.2, 0.25) is 0 Å². The second-order valence-corrected chi connectivity index (χ2v) is 7.06. The van der Waals surface area contributed by atoms with E-state index in [-0.39, 0.29) is 0 Å². The SMILES string of the molecule is CC1=CC2C(=C(c3ccc(C)cc3)Sc3ccccc32)C=C1. The average Bonchev–Trinajstić information content (AvgIpc) is 2.55. The Morgan fingerprint density at radius 2 is 1.64 bits per heavy atom. The van der Waals surface area contributed by atoms with Crippen LogP contribution < -0.4 is 0 Å². The Hall–Kier alpha value is -1.99. The van der Waals surface area contributed by atoms with Crippen LogP contribution in [0, 0.1) is 6.92 Å². The lowest BCUT2D eigenvalue weighted by Crippen LogP contribution is -2.09. The lowest BCUT2D eigenvalue weighted by atomic mass is 9.84. The normalized spacial score (nSPS) is 19.5. The molecule has 1 aliphatic carbocycles. The maximum atomic E-state index is 2.39. The molecule has 4 rings (SSSR count). The van der Waals surface area contributed by atoms with Crippen LogP contribution in [0.1, 0.15) is 29.5 Å². The maximum absolute atomic E-state index is 2.39. The second kappa shape index (κ2) is 5.33.